The minimum absolute atomic E-state index is 0.266. The van der Waals surface area contributed by atoms with Crippen molar-refractivity contribution in [2.45, 2.75) is 6.92 Å². The van der Waals surface area contributed by atoms with E-state index in [4.69, 9.17) is 9.84 Å². The predicted octanol–water partition coefficient (Wildman–Crippen LogP) is 2.76. The smallest absolute Gasteiger partial charge is 0.335 e. The Morgan fingerprint density at radius 2 is 2.06 bits per heavy atom. The highest BCUT2D eigenvalue weighted by atomic mass is 16.5. The van der Waals surface area contributed by atoms with E-state index in [1.165, 1.54) is 0 Å². The highest BCUT2D eigenvalue weighted by Gasteiger charge is 2.08. The van der Waals surface area contributed by atoms with E-state index >= 15 is 0 Å². The van der Waals surface area contributed by atoms with Crippen LogP contribution in [-0.2, 0) is 0 Å². The van der Waals surface area contributed by atoms with Crippen LogP contribution in [0.5, 0.6) is 5.88 Å². The van der Waals surface area contributed by atoms with E-state index in [1.807, 2.05) is 19.1 Å². The van der Waals surface area contributed by atoms with Crippen molar-refractivity contribution in [3.63, 3.8) is 0 Å². The fourth-order valence-electron chi connectivity index (χ4n) is 1.78. The Hall–Kier alpha value is -2.36. The van der Waals surface area contributed by atoms with Crippen LogP contribution in [-0.4, -0.2) is 23.2 Å². The summed E-state index contributed by atoms with van der Waals surface area (Å²) in [6.45, 7) is 1.87. The second-order valence-corrected chi connectivity index (χ2v) is 3.87. The molecule has 0 radical (unpaired) electrons. The van der Waals surface area contributed by atoms with E-state index in [0.717, 1.165) is 16.8 Å². The van der Waals surface area contributed by atoms with Crippen LogP contribution in [0.25, 0.3) is 11.1 Å². The van der Waals surface area contributed by atoms with Crippen molar-refractivity contribution < 1.29 is 14.6 Å². The molecule has 0 atom stereocenters. The van der Waals surface area contributed by atoms with Gasteiger partial charge in [0.15, 0.2) is 0 Å². The lowest BCUT2D eigenvalue weighted by atomic mass is 10.0. The predicted molar refractivity (Wildman–Crippen MR) is 67.9 cm³/mol. The summed E-state index contributed by atoms with van der Waals surface area (Å²) < 4.78 is 5.04. The fourth-order valence-corrected chi connectivity index (χ4v) is 1.78. The lowest BCUT2D eigenvalue weighted by molar-refractivity contribution is 0.0697. The molecule has 4 nitrogen and oxygen atoms in total. The maximum absolute atomic E-state index is 10.9. The maximum atomic E-state index is 10.9. The number of aromatic carboxylic acids is 1. The average Bonchev–Trinajstić information content (AvgIpc) is 2.38. The summed E-state index contributed by atoms with van der Waals surface area (Å²) in [4.78, 5) is 15.2. The molecule has 2 aromatic rings. The van der Waals surface area contributed by atoms with E-state index in [1.54, 1.807) is 31.4 Å². The van der Waals surface area contributed by atoms with Crippen molar-refractivity contribution in [2.24, 2.45) is 0 Å². The first-order valence-corrected chi connectivity index (χ1v) is 5.47. The summed E-state index contributed by atoms with van der Waals surface area (Å²) in [5, 5.41) is 8.97. The number of carbonyl (C=O) groups is 1. The molecule has 4 heteroatoms. The molecule has 0 fully saturated rings. The van der Waals surface area contributed by atoms with E-state index in [-0.39, 0.29) is 5.56 Å². The molecule has 0 aliphatic carbocycles. The van der Waals surface area contributed by atoms with Crippen molar-refractivity contribution in [2.75, 3.05) is 7.11 Å². The number of aryl methyl sites for hydroxylation is 1. The molecular weight excluding hydrogens is 230 g/mol. The van der Waals surface area contributed by atoms with Gasteiger partial charge < -0.3 is 9.84 Å². The number of carboxylic acids is 1. The number of pyridine rings is 1. The van der Waals surface area contributed by atoms with Gasteiger partial charge in [-0.25, -0.2) is 9.78 Å². The van der Waals surface area contributed by atoms with Gasteiger partial charge in [-0.2, -0.15) is 0 Å². The van der Waals surface area contributed by atoms with Gasteiger partial charge in [-0.05, 0) is 30.7 Å². The van der Waals surface area contributed by atoms with Crippen LogP contribution in [0.15, 0.2) is 36.4 Å². The van der Waals surface area contributed by atoms with Crippen LogP contribution < -0.4 is 4.74 Å². The molecule has 1 heterocycles. The lowest BCUT2D eigenvalue weighted by Gasteiger charge is -2.07. The Labute approximate surface area is 105 Å². The summed E-state index contributed by atoms with van der Waals surface area (Å²) in [5.41, 5.74) is 2.81. The number of methoxy groups -OCH3 is 1. The number of aromatic nitrogens is 1. The van der Waals surface area contributed by atoms with Crippen LogP contribution >= 0.6 is 0 Å². The normalized spacial score (nSPS) is 10.1. The van der Waals surface area contributed by atoms with Crippen LogP contribution in [0, 0.1) is 6.92 Å². The monoisotopic (exact) mass is 243 g/mol. The summed E-state index contributed by atoms with van der Waals surface area (Å²) in [6.07, 6.45) is 0. The molecule has 0 saturated carbocycles. The van der Waals surface area contributed by atoms with Gasteiger partial charge in [-0.15, -0.1) is 0 Å². The number of hydrogen-bond donors (Lipinski definition) is 1. The number of ether oxygens (including phenoxy) is 1. The molecule has 1 aromatic carbocycles. The Morgan fingerprint density at radius 1 is 1.28 bits per heavy atom. The Bertz CT molecular complexity index is 593. The first-order chi connectivity index (χ1) is 8.61. The number of benzene rings is 1. The highest BCUT2D eigenvalue weighted by Crippen LogP contribution is 2.25. The molecular formula is C14H13NO3. The third-order valence-electron chi connectivity index (χ3n) is 2.69. The second-order valence-electron chi connectivity index (χ2n) is 3.87. The van der Waals surface area contributed by atoms with Gasteiger partial charge in [0.05, 0.1) is 12.7 Å². The number of hydrogen-bond acceptors (Lipinski definition) is 3. The molecule has 0 amide bonds. The standard InChI is InChI=1S/C14H13NO3/c1-9-12(6-7-13(15-9)18-2)10-4-3-5-11(8-10)14(16)17/h3-8H,1-2H3,(H,16,17). The molecule has 0 saturated heterocycles. The molecule has 1 aromatic heterocycles. The van der Waals surface area contributed by atoms with Gasteiger partial charge in [-0.3, -0.25) is 0 Å². The summed E-state index contributed by atoms with van der Waals surface area (Å²) >= 11 is 0. The molecule has 0 aliphatic heterocycles. The minimum atomic E-state index is -0.934. The molecule has 92 valence electrons. The zero-order valence-electron chi connectivity index (χ0n) is 10.2. The molecule has 18 heavy (non-hydrogen) atoms. The molecule has 0 bridgehead atoms. The minimum Gasteiger partial charge on any atom is -0.481 e. The third kappa shape index (κ3) is 2.32. The van der Waals surface area contributed by atoms with Crippen LogP contribution in [0.2, 0.25) is 0 Å². The SMILES string of the molecule is COc1ccc(-c2cccc(C(=O)O)c2)c(C)n1. The first-order valence-electron chi connectivity index (χ1n) is 5.47. The van der Waals surface area contributed by atoms with Gasteiger partial charge in [-0.1, -0.05) is 12.1 Å². The van der Waals surface area contributed by atoms with Crippen LogP contribution in [0.1, 0.15) is 16.1 Å². The molecule has 0 unspecified atom stereocenters. The summed E-state index contributed by atoms with van der Waals surface area (Å²) in [7, 11) is 1.56. The Kier molecular flexibility index (Phi) is 3.28. The van der Waals surface area contributed by atoms with Crippen LogP contribution in [0.3, 0.4) is 0 Å². The van der Waals surface area contributed by atoms with Crippen molar-refractivity contribution >= 4 is 5.97 Å². The fraction of sp³-hybridized carbons (Fsp3) is 0.143. The van der Waals surface area contributed by atoms with Gasteiger partial charge >= 0.3 is 5.97 Å². The Balaban J connectivity index is 2.48. The number of carboxylic acid groups (broad SMARTS) is 1. The van der Waals surface area contributed by atoms with Crippen molar-refractivity contribution in [1.29, 1.82) is 0 Å². The van der Waals surface area contributed by atoms with Gasteiger partial charge in [0, 0.05) is 17.3 Å². The average molecular weight is 243 g/mol. The van der Waals surface area contributed by atoms with Crippen LogP contribution in [0.4, 0.5) is 0 Å². The zero-order valence-corrected chi connectivity index (χ0v) is 10.2. The summed E-state index contributed by atoms with van der Waals surface area (Å²) in [5.74, 6) is -0.387. The van der Waals surface area contributed by atoms with Gasteiger partial charge in [0.25, 0.3) is 0 Å². The third-order valence-corrected chi connectivity index (χ3v) is 2.69. The largest absolute Gasteiger partial charge is 0.481 e. The topological polar surface area (TPSA) is 59.4 Å². The maximum Gasteiger partial charge on any atom is 0.335 e. The van der Waals surface area contributed by atoms with Crippen molar-refractivity contribution in [1.82, 2.24) is 4.98 Å². The van der Waals surface area contributed by atoms with Crippen molar-refractivity contribution in [3.8, 4) is 17.0 Å². The number of rotatable bonds is 3. The van der Waals surface area contributed by atoms with E-state index in [2.05, 4.69) is 4.98 Å². The van der Waals surface area contributed by atoms with Crippen molar-refractivity contribution in [3.05, 3.63) is 47.7 Å². The second kappa shape index (κ2) is 4.87. The molecule has 0 spiro atoms. The van der Waals surface area contributed by atoms with Gasteiger partial charge in [0.1, 0.15) is 0 Å². The lowest BCUT2D eigenvalue weighted by Crippen LogP contribution is -1.97. The van der Waals surface area contributed by atoms with E-state index in [0.29, 0.717) is 5.88 Å². The van der Waals surface area contributed by atoms with E-state index < -0.39 is 5.97 Å². The first kappa shape index (κ1) is 12.1. The molecule has 2 rings (SSSR count). The Morgan fingerprint density at radius 3 is 2.67 bits per heavy atom. The molecule has 0 aliphatic rings. The molecule has 1 N–H and O–H groups in total. The quantitative estimate of drug-likeness (QED) is 0.900. The highest BCUT2D eigenvalue weighted by molar-refractivity contribution is 5.89. The summed E-state index contributed by atoms with van der Waals surface area (Å²) in [6, 6.07) is 10.4. The van der Waals surface area contributed by atoms with Gasteiger partial charge in [0.2, 0.25) is 5.88 Å². The van der Waals surface area contributed by atoms with E-state index in [9.17, 15) is 4.79 Å². The number of nitrogens with zero attached hydrogens (tertiary/aromatic N) is 1. The zero-order chi connectivity index (χ0) is 13.1.